The van der Waals surface area contributed by atoms with Gasteiger partial charge in [-0.15, -0.1) is 0 Å². The predicted molar refractivity (Wildman–Crippen MR) is 53.1 cm³/mol. The minimum Gasteiger partial charge on any atom is -0.408 e. The Labute approximate surface area is 82.9 Å². The number of rotatable bonds is 1. The van der Waals surface area contributed by atoms with Gasteiger partial charge in [-0.05, 0) is 24.1 Å². The van der Waals surface area contributed by atoms with Crippen molar-refractivity contribution in [1.82, 2.24) is 0 Å². The fourth-order valence-corrected chi connectivity index (χ4v) is 1.78. The highest BCUT2D eigenvalue weighted by molar-refractivity contribution is 6.02. The first-order valence-corrected chi connectivity index (χ1v) is 4.52. The lowest BCUT2D eigenvalue weighted by Gasteiger charge is -2.00. The van der Waals surface area contributed by atoms with Gasteiger partial charge in [-0.25, -0.2) is 0 Å². The quantitative estimate of drug-likeness (QED) is 0.627. The summed E-state index contributed by atoms with van der Waals surface area (Å²) in [7, 11) is 0. The summed E-state index contributed by atoms with van der Waals surface area (Å²) in [5.41, 5.74) is 1.84. The van der Waals surface area contributed by atoms with Crippen LogP contribution in [0.25, 0.3) is 0 Å². The molecule has 1 aromatic carbocycles. The first kappa shape index (κ1) is 8.83. The Morgan fingerprint density at radius 1 is 1.57 bits per heavy atom. The van der Waals surface area contributed by atoms with E-state index >= 15 is 0 Å². The van der Waals surface area contributed by atoms with Crippen molar-refractivity contribution in [3.63, 3.8) is 0 Å². The molecule has 2 rings (SSSR count). The van der Waals surface area contributed by atoms with Crippen LogP contribution in [0.5, 0.6) is 5.75 Å². The first-order chi connectivity index (χ1) is 6.72. The van der Waals surface area contributed by atoms with E-state index in [1.165, 1.54) is 0 Å². The van der Waals surface area contributed by atoms with E-state index in [4.69, 9.17) is 11.2 Å². The van der Waals surface area contributed by atoms with Gasteiger partial charge in [-0.1, -0.05) is 19.4 Å². The molecule has 0 aliphatic heterocycles. The van der Waals surface area contributed by atoms with Crippen LogP contribution in [-0.2, 0) is 6.42 Å². The third-order valence-electron chi connectivity index (χ3n) is 2.50. The number of carbonyl (C=O) groups excluding carboxylic acids is 1. The predicted octanol–water partition coefficient (Wildman–Crippen LogP) is 2.03. The summed E-state index contributed by atoms with van der Waals surface area (Å²) in [5.74, 6) is 0.835. The number of Topliss-reactive ketones (excluding diaryl/α,β-unsaturated/α-hetero) is 1. The highest BCUT2D eigenvalue weighted by Gasteiger charge is 2.26. The van der Waals surface area contributed by atoms with E-state index in [2.05, 4.69) is 6.11 Å². The molecular weight excluding hydrogens is 176 g/mol. The molecule has 1 aromatic rings. The second-order valence-electron chi connectivity index (χ2n) is 3.51. The second kappa shape index (κ2) is 3.19. The molecule has 0 aromatic heterocycles. The molecule has 0 N–H and O–H groups in total. The zero-order valence-electron chi connectivity index (χ0n) is 7.91. The summed E-state index contributed by atoms with van der Waals surface area (Å²) < 4.78 is 4.89. The van der Waals surface area contributed by atoms with Crippen molar-refractivity contribution in [3.05, 3.63) is 29.3 Å². The Hall–Kier alpha value is -1.75. The molecule has 1 unspecified atom stereocenters. The van der Waals surface area contributed by atoms with E-state index in [0.29, 0.717) is 5.75 Å². The molecule has 0 radical (unpaired) electrons. The van der Waals surface area contributed by atoms with Gasteiger partial charge in [0.15, 0.2) is 5.78 Å². The molecule has 1 aliphatic rings. The molecule has 0 spiro atoms. The van der Waals surface area contributed by atoms with Crippen molar-refractivity contribution >= 4 is 5.78 Å². The minimum atomic E-state index is 0.0890. The van der Waals surface area contributed by atoms with Crippen molar-refractivity contribution < 1.29 is 9.53 Å². The van der Waals surface area contributed by atoms with E-state index < -0.39 is 0 Å². The lowest BCUT2D eigenvalue weighted by Crippen LogP contribution is -2.02. The lowest BCUT2D eigenvalue weighted by molar-refractivity contribution is 0.0946. The van der Waals surface area contributed by atoms with Crippen LogP contribution in [0.3, 0.4) is 0 Å². The Bertz CT molecular complexity index is 426. The van der Waals surface area contributed by atoms with Crippen LogP contribution in [0.15, 0.2) is 18.2 Å². The zero-order chi connectivity index (χ0) is 10.1. The van der Waals surface area contributed by atoms with E-state index in [9.17, 15) is 4.79 Å². The molecule has 0 fully saturated rings. The number of ketones is 1. The van der Waals surface area contributed by atoms with Crippen molar-refractivity contribution in [3.8, 4) is 18.3 Å². The topological polar surface area (TPSA) is 26.3 Å². The number of benzene rings is 1. The third-order valence-corrected chi connectivity index (χ3v) is 2.50. The molecular formula is C12H10O2. The number of fused-ring (bicyclic) bond motifs is 1. The largest absolute Gasteiger partial charge is 0.408 e. The Balaban J connectivity index is 2.42. The number of ether oxygens (including phenoxy) is 1. The molecule has 2 nitrogen and oxygen atoms in total. The molecule has 1 atom stereocenters. The van der Waals surface area contributed by atoms with Crippen LogP contribution >= 0.6 is 0 Å². The summed E-state index contributed by atoms with van der Waals surface area (Å²) in [5, 5.41) is 0. The minimum absolute atomic E-state index is 0.0890. The average molecular weight is 186 g/mol. The summed E-state index contributed by atoms with van der Waals surface area (Å²) in [6, 6.07) is 5.43. The van der Waals surface area contributed by atoms with Crippen molar-refractivity contribution in [2.75, 3.05) is 0 Å². The number of carbonyl (C=O) groups is 1. The lowest BCUT2D eigenvalue weighted by atomic mass is 10.1. The van der Waals surface area contributed by atoms with E-state index in [0.717, 1.165) is 17.5 Å². The van der Waals surface area contributed by atoms with Gasteiger partial charge in [0.1, 0.15) is 11.9 Å². The van der Waals surface area contributed by atoms with Gasteiger partial charge in [0.05, 0.1) is 0 Å². The Kier molecular flexibility index (Phi) is 2.01. The molecule has 2 heteroatoms. The van der Waals surface area contributed by atoms with Crippen LogP contribution in [0.4, 0.5) is 0 Å². The van der Waals surface area contributed by atoms with E-state index in [1.807, 2.05) is 13.0 Å². The Morgan fingerprint density at radius 2 is 2.36 bits per heavy atom. The van der Waals surface area contributed by atoms with Gasteiger partial charge in [-0.3, -0.25) is 4.79 Å². The summed E-state index contributed by atoms with van der Waals surface area (Å²) in [4.78, 5) is 11.6. The van der Waals surface area contributed by atoms with Gasteiger partial charge in [0.2, 0.25) is 0 Å². The maximum absolute atomic E-state index is 11.6. The zero-order valence-corrected chi connectivity index (χ0v) is 7.91. The van der Waals surface area contributed by atoms with Gasteiger partial charge < -0.3 is 4.74 Å². The van der Waals surface area contributed by atoms with Crippen LogP contribution in [0, 0.1) is 18.4 Å². The molecule has 1 aliphatic carbocycles. The maximum atomic E-state index is 11.6. The van der Waals surface area contributed by atoms with Crippen molar-refractivity contribution in [1.29, 1.82) is 0 Å². The number of hydrogen-bond acceptors (Lipinski definition) is 2. The SMILES string of the molecule is C#COc1ccc2c(c1)C(=O)C(C)C2. The highest BCUT2D eigenvalue weighted by atomic mass is 16.5. The van der Waals surface area contributed by atoms with Crippen LogP contribution in [0.1, 0.15) is 22.8 Å². The van der Waals surface area contributed by atoms with Crippen molar-refractivity contribution in [2.45, 2.75) is 13.3 Å². The molecule has 14 heavy (non-hydrogen) atoms. The summed E-state index contributed by atoms with van der Waals surface area (Å²) in [6.45, 7) is 1.93. The van der Waals surface area contributed by atoms with Gasteiger partial charge in [0.25, 0.3) is 0 Å². The van der Waals surface area contributed by atoms with Crippen LogP contribution < -0.4 is 4.74 Å². The average Bonchev–Trinajstić information content (AvgIpc) is 2.45. The summed E-state index contributed by atoms with van der Waals surface area (Å²) >= 11 is 0. The van der Waals surface area contributed by atoms with Gasteiger partial charge in [0, 0.05) is 11.5 Å². The first-order valence-electron chi connectivity index (χ1n) is 4.52. The molecule has 70 valence electrons. The maximum Gasteiger partial charge on any atom is 0.166 e. The smallest absolute Gasteiger partial charge is 0.166 e. The fraction of sp³-hybridized carbons (Fsp3) is 0.250. The van der Waals surface area contributed by atoms with Gasteiger partial charge >= 0.3 is 0 Å². The molecule has 0 bridgehead atoms. The molecule has 0 amide bonds. The molecule has 0 heterocycles. The Morgan fingerprint density at radius 3 is 3.07 bits per heavy atom. The normalized spacial score (nSPS) is 18.9. The molecule has 0 saturated carbocycles. The number of terminal acetylenes is 1. The molecule has 0 saturated heterocycles. The standard InChI is InChI=1S/C12H10O2/c1-3-14-10-5-4-9-6-8(2)12(13)11(9)7-10/h1,4-5,7-8H,6H2,2H3. The highest BCUT2D eigenvalue weighted by Crippen LogP contribution is 2.29. The number of hydrogen-bond donors (Lipinski definition) is 0. The van der Waals surface area contributed by atoms with Crippen LogP contribution in [0.2, 0.25) is 0 Å². The van der Waals surface area contributed by atoms with Gasteiger partial charge in [-0.2, -0.15) is 0 Å². The third kappa shape index (κ3) is 1.27. The fourth-order valence-electron chi connectivity index (χ4n) is 1.78. The van der Waals surface area contributed by atoms with Crippen LogP contribution in [-0.4, -0.2) is 5.78 Å². The van der Waals surface area contributed by atoms with E-state index in [-0.39, 0.29) is 11.7 Å². The summed E-state index contributed by atoms with van der Waals surface area (Å²) in [6.07, 6.45) is 7.92. The second-order valence-corrected chi connectivity index (χ2v) is 3.51. The van der Waals surface area contributed by atoms with Crippen molar-refractivity contribution in [2.24, 2.45) is 5.92 Å². The monoisotopic (exact) mass is 186 g/mol. The van der Waals surface area contributed by atoms with E-state index in [1.54, 1.807) is 12.1 Å².